The number of aromatic nitrogens is 1. The van der Waals surface area contributed by atoms with Crippen molar-refractivity contribution in [3.63, 3.8) is 0 Å². The molecule has 1 aliphatic heterocycles. The van der Waals surface area contributed by atoms with Gasteiger partial charge in [0.25, 0.3) is 15.9 Å². The van der Waals surface area contributed by atoms with Gasteiger partial charge in [-0.15, -0.1) is 4.83 Å². The fraction of sp³-hybridized carbons (Fsp3) is 0.333. The van der Waals surface area contributed by atoms with Gasteiger partial charge in [-0.1, -0.05) is 38.1 Å². The third-order valence-electron chi connectivity index (χ3n) is 3.56. The van der Waals surface area contributed by atoms with Crippen LogP contribution in [0.15, 0.2) is 39.9 Å². The fourth-order valence-electron chi connectivity index (χ4n) is 2.52. The summed E-state index contributed by atoms with van der Waals surface area (Å²) in [7, 11) is -3.77. The highest BCUT2D eigenvalue weighted by atomic mass is 32.2. The average molecular weight is 335 g/mol. The van der Waals surface area contributed by atoms with Crippen molar-refractivity contribution in [2.24, 2.45) is 0 Å². The summed E-state index contributed by atoms with van der Waals surface area (Å²) in [5.74, 6) is -0.406. The highest BCUT2D eigenvalue weighted by molar-refractivity contribution is 7.89. The Morgan fingerprint density at radius 1 is 1.26 bits per heavy atom. The lowest BCUT2D eigenvalue weighted by Gasteiger charge is -2.29. The lowest BCUT2D eigenvalue weighted by molar-refractivity contribution is 0.0686. The van der Waals surface area contributed by atoms with Gasteiger partial charge in [-0.3, -0.25) is 9.80 Å². The third-order valence-corrected chi connectivity index (χ3v) is 4.96. The Bertz CT molecular complexity index is 865. The molecular formula is C15H17N3O4S. The minimum atomic E-state index is -3.77. The van der Waals surface area contributed by atoms with Gasteiger partial charge in [0.05, 0.1) is 22.7 Å². The number of carbonyl (C=O) groups is 1. The van der Waals surface area contributed by atoms with E-state index < -0.39 is 15.9 Å². The zero-order chi connectivity index (χ0) is 16.8. The molecule has 1 N–H and O–H groups in total. The van der Waals surface area contributed by atoms with Crippen LogP contribution in [-0.4, -0.2) is 24.5 Å². The van der Waals surface area contributed by atoms with Gasteiger partial charge in [0, 0.05) is 11.0 Å². The van der Waals surface area contributed by atoms with Gasteiger partial charge < -0.3 is 4.52 Å². The summed E-state index contributed by atoms with van der Waals surface area (Å²) < 4.78 is 29.6. The van der Waals surface area contributed by atoms with E-state index in [2.05, 4.69) is 9.99 Å². The number of carbonyl (C=O) groups excluding carboxylic acids is 1. The minimum absolute atomic E-state index is 0.0115. The molecule has 0 spiro atoms. The Kier molecular flexibility index (Phi) is 3.53. The number of hydrogen-bond donors (Lipinski definition) is 1. The second-order valence-electron chi connectivity index (χ2n) is 6.42. The van der Waals surface area contributed by atoms with Crippen LogP contribution in [0.2, 0.25) is 0 Å². The van der Waals surface area contributed by atoms with E-state index in [0.717, 1.165) is 5.01 Å². The Labute approximate surface area is 134 Å². The van der Waals surface area contributed by atoms with Crippen molar-refractivity contribution < 1.29 is 17.7 Å². The topological polar surface area (TPSA) is 92.5 Å². The van der Waals surface area contributed by atoms with Gasteiger partial charge in [-0.25, -0.2) is 8.42 Å². The number of fused-ring (bicyclic) bond motifs is 1. The quantitative estimate of drug-likeness (QED) is 0.904. The maximum absolute atomic E-state index is 12.5. The predicted octanol–water partition coefficient (Wildman–Crippen LogP) is 1.82. The zero-order valence-corrected chi connectivity index (χ0v) is 13.8. The summed E-state index contributed by atoms with van der Waals surface area (Å²) in [6, 6.07) is 6.13. The van der Waals surface area contributed by atoms with Crippen LogP contribution in [0.4, 0.5) is 0 Å². The average Bonchev–Trinajstić information content (AvgIpc) is 2.93. The van der Waals surface area contributed by atoms with E-state index in [4.69, 9.17) is 4.52 Å². The van der Waals surface area contributed by atoms with Crippen LogP contribution in [-0.2, 0) is 22.0 Å². The van der Waals surface area contributed by atoms with Crippen molar-refractivity contribution in [2.45, 2.75) is 37.6 Å². The first-order valence-electron chi connectivity index (χ1n) is 7.07. The molecule has 0 radical (unpaired) electrons. The molecule has 1 aromatic carbocycles. The molecule has 0 atom stereocenters. The van der Waals surface area contributed by atoms with E-state index in [1.54, 1.807) is 12.1 Å². The van der Waals surface area contributed by atoms with Crippen molar-refractivity contribution in [1.82, 2.24) is 15.0 Å². The Balaban J connectivity index is 1.98. The molecule has 2 heterocycles. The summed E-state index contributed by atoms with van der Waals surface area (Å²) in [5.41, 5.74) is 1.22. The van der Waals surface area contributed by atoms with E-state index in [9.17, 15) is 13.2 Å². The van der Waals surface area contributed by atoms with Crippen LogP contribution in [0.3, 0.4) is 0 Å². The molecule has 0 saturated carbocycles. The number of rotatable bonds is 2. The maximum Gasteiger partial charge on any atom is 0.270 e. The van der Waals surface area contributed by atoms with E-state index in [-0.39, 0.29) is 22.4 Å². The van der Waals surface area contributed by atoms with Crippen molar-refractivity contribution in [3.05, 3.63) is 47.3 Å². The van der Waals surface area contributed by atoms with Crippen molar-refractivity contribution in [1.29, 1.82) is 0 Å². The Hall–Kier alpha value is -2.19. The van der Waals surface area contributed by atoms with Gasteiger partial charge in [0.2, 0.25) is 0 Å². The largest absolute Gasteiger partial charge is 0.364 e. The van der Waals surface area contributed by atoms with Gasteiger partial charge in [0.15, 0.2) is 0 Å². The molecule has 23 heavy (non-hydrogen) atoms. The van der Waals surface area contributed by atoms with Crippen LogP contribution in [0, 0.1) is 0 Å². The first-order valence-corrected chi connectivity index (χ1v) is 8.55. The molecule has 8 heteroatoms. The van der Waals surface area contributed by atoms with Gasteiger partial charge in [0.1, 0.15) is 6.26 Å². The molecule has 3 rings (SSSR count). The predicted molar refractivity (Wildman–Crippen MR) is 81.8 cm³/mol. The SMILES string of the molecule is CC(C)(C)c1nocc1CN1NS(=O)(=O)c2ccccc2C1=O. The summed E-state index contributed by atoms with van der Waals surface area (Å²) >= 11 is 0. The smallest absolute Gasteiger partial charge is 0.270 e. The lowest BCUT2D eigenvalue weighted by Crippen LogP contribution is -2.50. The maximum atomic E-state index is 12.5. The third kappa shape index (κ3) is 2.75. The number of nitrogens with zero attached hydrogens (tertiary/aromatic N) is 2. The second kappa shape index (κ2) is 5.17. The zero-order valence-electron chi connectivity index (χ0n) is 13.0. The van der Waals surface area contributed by atoms with Crippen LogP contribution >= 0.6 is 0 Å². The first kappa shape index (κ1) is 15.7. The van der Waals surface area contributed by atoms with E-state index in [1.165, 1.54) is 18.4 Å². The number of hydrogen-bond acceptors (Lipinski definition) is 5. The molecular weight excluding hydrogens is 318 g/mol. The summed E-state index contributed by atoms with van der Waals surface area (Å²) in [5, 5.41) is 5.04. The normalized spacial score (nSPS) is 17.2. The monoisotopic (exact) mass is 335 g/mol. The molecule has 0 unspecified atom stereocenters. The minimum Gasteiger partial charge on any atom is -0.364 e. The summed E-state index contributed by atoms with van der Waals surface area (Å²) in [6.45, 7) is 5.94. The highest BCUT2D eigenvalue weighted by Gasteiger charge is 2.35. The number of nitrogens with one attached hydrogen (secondary N) is 1. The number of sulfonamides is 1. The highest BCUT2D eigenvalue weighted by Crippen LogP contribution is 2.27. The molecule has 1 aliphatic rings. The van der Waals surface area contributed by atoms with E-state index in [0.29, 0.717) is 11.3 Å². The number of amides is 1. The molecule has 2 aromatic rings. The van der Waals surface area contributed by atoms with Crippen molar-refractivity contribution in [2.75, 3.05) is 0 Å². The van der Waals surface area contributed by atoms with Gasteiger partial charge in [-0.05, 0) is 12.1 Å². The van der Waals surface area contributed by atoms with Gasteiger partial charge >= 0.3 is 0 Å². The lowest BCUT2D eigenvalue weighted by atomic mass is 9.89. The van der Waals surface area contributed by atoms with Crippen molar-refractivity contribution in [3.8, 4) is 0 Å². The molecule has 0 fully saturated rings. The molecule has 122 valence electrons. The second-order valence-corrected chi connectivity index (χ2v) is 8.05. The molecule has 1 amide bonds. The van der Waals surface area contributed by atoms with Crippen LogP contribution in [0.1, 0.15) is 42.4 Å². The van der Waals surface area contributed by atoms with E-state index in [1.807, 2.05) is 20.8 Å². The molecule has 0 saturated heterocycles. The number of benzene rings is 1. The number of hydrazine groups is 1. The standard InChI is InChI=1S/C15H17N3O4S/c1-15(2,3)13-10(9-22-16-13)8-18-14(19)11-6-4-5-7-12(11)23(20,21)17-18/h4-7,9,17H,8H2,1-3H3. The molecule has 0 bridgehead atoms. The summed E-state index contributed by atoms with van der Waals surface area (Å²) in [6.07, 6.45) is 1.43. The summed E-state index contributed by atoms with van der Waals surface area (Å²) in [4.78, 5) is 14.8. The Morgan fingerprint density at radius 2 is 1.96 bits per heavy atom. The van der Waals surface area contributed by atoms with Crippen molar-refractivity contribution >= 4 is 15.9 Å². The van der Waals surface area contributed by atoms with Crippen LogP contribution < -0.4 is 4.83 Å². The molecule has 0 aliphatic carbocycles. The fourth-order valence-corrected chi connectivity index (χ4v) is 3.76. The van der Waals surface area contributed by atoms with Gasteiger partial charge in [-0.2, -0.15) is 0 Å². The van der Waals surface area contributed by atoms with Crippen LogP contribution in [0.5, 0.6) is 0 Å². The van der Waals surface area contributed by atoms with E-state index >= 15 is 0 Å². The first-order chi connectivity index (χ1) is 10.7. The molecule has 1 aromatic heterocycles. The Morgan fingerprint density at radius 3 is 2.65 bits per heavy atom. The molecule has 7 nitrogen and oxygen atoms in total. The van der Waals surface area contributed by atoms with Crippen LogP contribution in [0.25, 0.3) is 0 Å².